The maximum Gasteiger partial charge on any atom is 0.0328 e. The molecule has 82 valence electrons. The van der Waals surface area contributed by atoms with Crippen LogP contribution in [0, 0.1) is 0 Å². The first kappa shape index (κ1) is 11.0. The number of rotatable bonds is 2. The van der Waals surface area contributed by atoms with Crippen molar-refractivity contribution in [2.24, 2.45) is 0 Å². The van der Waals surface area contributed by atoms with Gasteiger partial charge < -0.3 is 5.73 Å². The van der Waals surface area contributed by atoms with E-state index in [1.807, 2.05) is 6.07 Å². The predicted molar refractivity (Wildman–Crippen MR) is 67.7 cm³/mol. The van der Waals surface area contributed by atoms with E-state index in [0.717, 1.165) is 16.7 Å². The lowest BCUT2D eigenvalue weighted by Gasteiger charge is -2.26. The minimum atomic E-state index is 0.844. The summed E-state index contributed by atoms with van der Waals surface area (Å²) in [4.78, 5) is 2.50. The maximum absolute atomic E-state index is 5.82. The van der Waals surface area contributed by atoms with Crippen LogP contribution in [-0.4, -0.2) is 18.0 Å². The molecule has 0 saturated carbocycles. The summed E-state index contributed by atoms with van der Waals surface area (Å²) in [5.41, 5.74) is 7.97. The normalized spacial score (nSPS) is 17.9. The van der Waals surface area contributed by atoms with E-state index in [0.29, 0.717) is 0 Å². The molecule has 2 N–H and O–H groups in total. The highest BCUT2D eigenvalue weighted by molar-refractivity contribution is 9.10. The van der Waals surface area contributed by atoms with E-state index in [9.17, 15) is 0 Å². The molecule has 1 aromatic rings. The quantitative estimate of drug-likeness (QED) is 0.836. The molecule has 2 rings (SSSR count). The molecule has 15 heavy (non-hydrogen) atoms. The summed E-state index contributed by atoms with van der Waals surface area (Å²) in [6, 6.07) is 6.17. The molecule has 1 aliphatic rings. The van der Waals surface area contributed by atoms with Gasteiger partial charge in [0.1, 0.15) is 0 Å². The minimum Gasteiger partial charge on any atom is -0.399 e. The summed E-state index contributed by atoms with van der Waals surface area (Å²) in [6.07, 6.45) is 4.06. The van der Waals surface area contributed by atoms with Gasteiger partial charge in [-0.1, -0.05) is 22.4 Å². The fourth-order valence-corrected chi connectivity index (χ4v) is 2.70. The van der Waals surface area contributed by atoms with Crippen molar-refractivity contribution in [3.05, 3.63) is 28.2 Å². The molecule has 0 amide bonds. The van der Waals surface area contributed by atoms with Crippen LogP contribution in [0.2, 0.25) is 0 Å². The minimum absolute atomic E-state index is 0.844. The van der Waals surface area contributed by atoms with E-state index in [2.05, 4.69) is 33.0 Å². The average Bonchev–Trinajstić information content (AvgIpc) is 2.17. The van der Waals surface area contributed by atoms with E-state index in [-0.39, 0.29) is 0 Å². The smallest absolute Gasteiger partial charge is 0.0328 e. The number of likely N-dealkylation sites (tertiary alicyclic amines) is 1. The van der Waals surface area contributed by atoms with Gasteiger partial charge in [0, 0.05) is 16.7 Å². The van der Waals surface area contributed by atoms with Crippen molar-refractivity contribution < 1.29 is 0 Å². The number of nitrogens with two attached hydrogens (primary N) is 1. The third kappa shape index (κ3) is 3.21. The number of halogens is 1. The molecule has 1 aromatic carbocycles. The molecule has 0 aromatic heterocycles. The average molecular weight is 269 g/mol. The van der Waals surface area contributed by atoms with Gasteiger partial charge in [-0.2, -0.15) is 0 Å². The van der Waals surface area contributed by atoms with Crippen molar-refractivity contribution in [3.8, 4) is 0 Å². The van der Waals surface area contributed by atoms with Gasteiger partial charge in [-0.15, -0.1) is 0 Å². The number of piperidine rings is 1. The molecule has 1 heterocycles. The number of hydrogen-bond donors (Lipinski definition) is 1. The van der Waals surface area contributed by atoms with E-state index in [4.69, 9.17) is 5.73 Å². The Hall–Kier alpha value is -0.540. The van der Waals surface area contributed by atoms with Crippen LogP contribution in [0.3, 0.4) is 0 Å². The molecule has 1 aliphatic heterocycles. The zero-order valence-electron chi connectivity index (χ0n) is 8.88. The standard InChI is InChI=1S/C12H17BrN2/c13-11-6-10(7-12(14)8-11)9-15-4-2-1-3-5-15/h6-8H,1-5,9,14H2. The number of nitrogens with zero attached hydrogens (tertiary/aromatic N) is 1. The van der Waals surface area contributed by atoms with E-state index >= 15 is 0 Å². The fourth-order valence-electron chi connectivity index (χ4n) is 2.14. The highest BCUT2D eigenvalue weighted by atomic mass is 79.9. The van der Waals surface area contributed by atoms with Crippen LogP contribution in [-0.2, 0) is 6.54 Å². The molecular weight excluding hydrogens is 252 g/mol. The number of nitrogen functional groups attached to an aromatic ring is 1. The van der Waals surface area contributed by atoms with Crippen LogP contribution in [0.4, 0.5) is 5.69 Å². The molecule has 0 atom stereocenters. The van der Waals surface area contributed by atoms with Crippen LogP contribution in [0.1, 0.15) is 24.8 Å². The van der Waals surface area contributed by atoms with Crippen molar-refractivity contribution in [1.29, 1.82) is 0 Å². The van der Waals surface area contributed by atoms with Gasteiger partial charge in [-0.05, 0) is 49.7 Å². The second kappa shape index (κ2) is 4.99. The maximum atomic E-state index is 5.82. The zero-order valence-corrected chi connectivity index (χ0v) is 10.5. The topological polar surface area (TPSA) is 29.3 Å². The highest BCUT2D eigenvalue weighted by Crippen LogP contribution is 2.20. The zero-order chi connectivity index (χ0) is 10.7. The molecular formula is C12H17BrN2. The lowest BCUT2D eigenvalue weighted by atomic mass is 10.1. The Kier molecular flexibility index (Phi) is 3.65. The Balaban J connectivity index is 2.02. The van der Waals surface area contributed by atoms with Crippen molar-refractivity contribution in [1.82, 2.24) is 4.90 Å². The Morgan fingerprint density at radius 1 is 1.13 bits per heavy atom. The van der Waals surface area contributed by atoms with Crippen LogP contribution in [0.25, 0.3) is 0 Å². The van der Waals surface area contributed by atoms with Crippen molar-refractivity contribution >= 4 is 21.6 Å². The molecule has 0 radical (unpaired) electrons. The van der Waals surface area contributed by atoms with Crippen LogP contribution >= 0.6 is 15.9 Å². The number of benzene rings is 1. The highest BCUT2D eigenvalue weighted by Gasteiger charge is 2.10. The summed E-state index contributed by atoms with van der Waals surface area (Å²) < 4.78 is 1.08. The van der Waals surface area contributed by atoms with Gasteiger partial charge in [-0.25, -0.2) is 0 Å². The summed E-state index contributed by atoms with van der Waals surface area (Å²) in [6.45, 7) is 3.49. The molecule has 1 saturated heterocycles. The lowest BCUT2D eigenvalue weighted by molar-refractivity contribution is 0.221. The molecule has 0 bridgehead atoms. The summed E-state index contributed by atoms with van der Waals surface area (Å²) in [5, 5.41) is 0. The Labute approximate surface area is 99.6 Å². The third-order valence-electron chi connectivity index (χ3n) is 2.83. The van der Waals surface area contributed by atoms with Crippen molar-refractivity contribution in [2.45, 2.75) is 25.8 Å². The van der Waals surface area contributed by atoms with Gasteiger partial charge in [-0.3, -0.25) is 4.90 Å². The van der Waals surface area contributed by atoms with Gasteiger partial charge in [0.2, 0.25) is 0 Å². The summed E-state index contributed by atoms with van der Waals surface area (Å²) in [7, 11) is 0. The first-order valence-electron chi connectivity index (χ1n) is 5.51. The Morgan fingerprint density at radius 3 is 2.53 bits per heavy atom. The predicted octanol–water partition coefficient (Wildman–Crippen LogP) is 3.02. The third-order valence-corrected chi connectivity index (χ3v) is 3.29. The van der Waals surface area contributed by atoms with Crippen LogP contribution < -0.4 is 5.73 Å². The summed E-state index contributed by atoms with van der Waals surface area (Å²) in [5.74, 6) is 0. The van der Waals surface area contributed by atoms with Gasteiger partial charge in [0.15, 0.2) is 0 Å². The molecule has 0 unspecified atom stereocenters. The first-order valence-corrected chi connectivity index (χ1v) is 6.30. The number of anilines is 1. The molecule has 0 aliphatic carbocycles. The largest absolute Gasteiger partial charge is 0.399 e. The molecule has 0 spiro atoms. The van der Waals surface area contributed by atoms with Gasteiger partial charge in [0.05, 0.1) is 0 Å². The van der Waals surface area contributed by atoms with Gasteiger partial charge >= 0.3 is 0 Å². The fraction of sp³-hybridized carbons (Fsp3) is 0.500. The Morgan fingerprint density at radius 2 is 1.87 bits per heavy atom. The SMILES string of the molecule is Nc1cc(Br)cc(CN2CCCCC2)c1. The van der Waals surface area contributed by atoms with Crippen LogP contribution in [0.5, 0.6) is 0 Å². The van der Waals surface area contributed by atoms with E-state index in [1.165, 1.54) is 37.9 Å². The second-order valence-corrected chi connectivity index (χ2v) is 5.15. The van der Waals surface area contributed by atoms with E-state index < -0.39 is 0 Å². The second-order valence-electron chi connectivity index (χ2n) is 4.23. The van der Waals surface area contributed by atoms with Crippen molar-refractivity contribution in [2.75, 3.05) is 18.8 Å². The van der Waals surface area contributed by atoms with E-state index in [1.54, 1.807) is 0 Å². The summed E-state index contributed by atoms with van der Waals surface area (Å²) >= 11 is 3.48. The molecule has 3 heteroatoms. The monoisotopic (exact) mass is 268 g/mol. The van der Waals surface area contributed by atoms with Gasteiger partial charge in [0.25, 0.3) is 0 Å². The van der Waals surface area contributed by atoms with Crippen LogP contribution in [0.15, 0.2) is 22.7 Å². The molecule has 2 nitrogen and oxygen atoms in total. The Bertz CT molecular complexity index is 312. The van der Waals surface area contributed by atoms with Crippen molar-refractivity contribution in [3.63, 3.8) is 0 Å². The molecule has 1 fully saturated rings. The number of hydrogen-bond acceptors (Lipinski definition) is 2. The first-order chi connectivity index (χ1) is 7.24. The lowest BCUT2D eigenvalue weighted by Crippen LogP contribution is -2.29.